The number of benzene rings is 3. The van der Waals surface area contributed by atoms with E-state index in [1.165, 1.54) is 5.56 Å². The molecule has 0 radical (unpaired) electrons. The number of hydrogen-bond donors (Lipinski definition) is 3. The molecular weight excluding hydrogens is 500 g/mol. The first-order valence-corrected chi connectivity index (χ1v) is 14.4. The second kappa shape index (κ2) is 12.5. The lowest BCUT2D eigenvalue weighted by atomic mass is 9.76. The molecule has 8 heteroatoms. The van der Waals surface area contributed by atoms with Gasteiger partial charge in [0.2, 0.25) is 0 Å². The zero-order chi connectivity index (χ0) is 28.7. The monoisotopic (exact) mass is 540 g/mol. The number of carbonyl (C=O) groups excluding carboxylic acids is 1. The van der Waals surface area contributed by atoms with Crippen molar-refractivity contribution < 1.29 is 22.5 Å². The summed E-state index contributed by atoms with van der Waals surface area (Å²) < 4.78 is 32.3. The Bertz CT molecular complexity index is 1340. The Balaban J connectivity index is 0.000000926. The van der Waals surface area contributed by atoms with Gasteiger partial charge in [-0.3, -0.25) is 9.35 Å². The molecule has 1 amide bonds. The summed E-state index contributed by atoms with van der Waals surface area (Å²) >= 11 is 0. The topological polar surface area (TPSA) is 119 Å². The van der Waals surface area contributed by atoms with Crippen molar-refractivity contribution in [3.63, 3.8) is 0 Å². The van der Waals surface area contributed by atoms with E-state index in [0.717, 1.165) is 29.8 Å². The molecule has 7 nitrogen and oxygen atoms in total. The lowest BCUT2D eigenvalue weighted by molar-refractivity contribution is 0.102. The Hall–Kier alpha value is -3.36. The van der Waals surface area contributed by atoms with Crippen LogP contribution in [0.15, 0.2) is 66.7 Å². The highest BCUT2D eigenvalue weighted by molar-refractivity contribution is 7.85. The molecule has 0 saturated carbocycles. The lowest BCUT2D eigenvalue weighted by Gasteiger charge is -2.30. The first-order valence-electron chi connectivity index (χ1n) is 12.6. The second-order valence-electron chi connectivity index (χ2n) is 10.6. The van der Waals surface area contributed by atoms with E-state index >= 15 is 0 Å². The van der Waals surface area contributed by atoms with Gasteiger partial charge in [-0.2, -0.15) is 8.42 Å². The van der Waals surface area contributed by atoms with Gasteiger partial charge in [0.25, 0.3) is 16.0 Å². The van der Waals surface area contributed by atoms with Gasteiger partial charge >= 0.3 is 0 Å². The Morgan fingerprint density at radius 2 is 1.45 bits per heavy atom. The summed E-state index contributed by atoms with van der Waals surface area (Å²) in [5, 5.41) is 2.93. The van der Waals surface area contributed by atoms with Crippen molar-refractivity contribution in [1.29, 1.82) is 0 Å². The molecule has 3 aromatic rings. The largest absolute Gasteiger partial charge is 0.456 e. The van der Waals surface area contributed by atoms with Gasteiger partial charge in [-0.1, -0.05) is 71.9 Å². The molecule has 0 saturated heterocycles. The number of para-hydroxylation sites is 1. The Morgan fingerprint density at radius 1 is 0.895 bits per heavy atom. The number of anilines is 2. The van der Waals surface area contributed by atoms with Crippen molar-refractivity contribution in [3.05, 3.63) is 83.4 Å². The van der Waals surface area contributed by atoms with Crippen molar-refractivity contribution in [2.24, 2.45) is 0 Å². The van der Waals surface area contributed by atoms with E-state index in [-0.39, 0.29) is 16.7 Å². The number of carbonyl (C=O) groups is 1. The minimum Gasteiger partial charge on any atom is -0.456 e. The van der Waals surface area contributed by atoms with E-state index in [9.17, 15) is 13.2 Å². The molecule has 3 aromatic carbocycles. The van der Waals surface area contributed by atoms with E-state index in [0.29, 0.717) is 23.3 Å². The maximum absolute atomic E-state index is 13.1. The van der Waals surface area contributed by atoms with E-state index in [2.05, 4.69) is 59.0 Å². The van der Waals surface area contributed by atoms with Gasteiger partial charge in [0.05, 0.1) is 11.8 Å². The summed E-state index contributed by atoms with van der Waals surface area (Å²) in [5.41, 5.74) is 10.0. The maximum Gasteiger partial charge on any atom is 0.261 e. The van der Waals surface area contributed by atoms with Gasteiger partial charge in [-0.15, -0.1) is 0 Å². The van der Waals surface area contributed by atoms with Crippen molar-refractivity contribution >= 4 is 27.4 Å². The predicted octanol–water partition coefficient (Wildman–Crippen LogP) is 7.19. The van der Waals surface area contributed by atoms with Crippen LogP contribution >= 0.6 is 0 Å². The molecule has 0 spiro atoms. The molecule has 0 aliphatic carbocycles. The van der Waals surface area contributed by atoms with Gasteiger partial charge < -0.3 is 15.8 Å². The third-order valence-electron chi connectivity index (χ3n) is 6.76. The van der Waals surface area contributed by atoms with Gasteiger partial charge in [-0.25, -0.2) is 0 Å². The predicted molar refractivity (Wildman–Crippen MR) is 156 cm³/mol. The van der Waals surface area contributed by atoms with Gasteiger partial charge in [-0.05, 0) is 65.6 Å². The summed E-state index contributed by atoms with van der Waals surface area (Å²) in [6, 6.07) is 21.0. The molecule has 0 heterocycles. The van der Waals surface area contributed by atoms with E-state index in [1.807, 2.05) is 36.4 Å². The minimum absolute atomic E-state index is 0.0685. The average Bonchev–Trinajstić information content (AvgIpc) is 2.84. The van der Waals surface area contributed by atoms with Crippen molar-refractivity contribution in [3.8, 4) is 11.5 Å². The van der Waals surface area contributed by atoms with Crippen LogP contribution < -0.4 is 15.8 Å². The summed E-state index contributed by atoms with van der Waals surface area (Å²) in [7, 11) is -3.67. The third kappa shape index (κ3) is 8.89. The highest BCUT2D eigenvalue weighted by Gasteiger charge is 2.27. The number of rotatable bonds is 8. The molecule has 0 aliphatic rings. The highest BCUT2D eigenvalue weighted by Crippen LogP contribution is 2.41. The fourth-order valence-corrected chi connectivity index (χ4v) is 3.62. The minimum atomic E-state index is -3.67. The normalized spacial score (nSPS) is 11.8. The number of nitrogens with two attached hydrogens (primary N) is 1. The zero-order valence-corrected chi connectivity index (χ0v) is 24.1. The summed E-state index contributed by atoms with van der Waals surface area (Å²) in [4.78, 5) is 13.1. The molecular formula is C30H40N2O5S. The maximum atomic E-state index is 13.1. The molecule has 0 atom stereocenters. The quantitative estimate of drug-likeness (QED) is 0.205. The summed E-state index contributed by atoms with van der Waals surface area (Å²) in [6.07, 6.45) is 2.72. The van der Waals surface area contributed by atoms with Crippen LogP contribution in [0.2, 0.25) is 0 Å². The summed E-state index contributed by atoms with van der Waals surface area (Å²) in [5.74, 6) is 0.979. The van der Waals surface area contributed by atoms with Crippen LogP contribution in [0.3, 0.4) is 0 Å². The zero-order valence-electron chi connectivity index (χ0n) is 23.3. The number of hydrogen-bond acceptors (Lipinski definition) is 5. The van der Waals surface area contributed by atoms with Gasteiger partial charge in [0.15, 0.2) is 0 Å². The highest BCUT2D eigenvalue weighted by atomic mass is 32.2. The van der Waals surface area contributed by atoms with Gasteiger partial charge in [0.1, 0.15) is 11.5 Å². The number of ether oxygens (including phenoxy) is 1. The molecule has 0 aromatic heterocycles. The Labute approximate surface area is 227 Å². The standard InChI is InChI=1S/C29H36N2O2.CH4O3S/c1-7-28(3,4)20-14-16-26(24(18-20)29(5,6)8-2)33-25-17-15-21(30)19-23(25)27(32)31-22-12-10-9-11-13-22;1-5(2,3)4/h9-19H,7-8,30H2,1-6H3,(H,31,32);1H3,(H,2,3,4). The molecule has 0 bridgehead atoms. The number of nitrogen functional groups attached to an aromatic ring is 1. The molecule has 206 valence electrons. The second-order valence-corrected chi connectivity index (χ2v) is 12.1. The molecule has 0 fully saturated rings. The number of nitrogens with one attached hydrogen (secondary N) is 1. The molecule has 0 aliphatic heterocycles. The van der Waals surface area contributed by atoms with Crippen LogP contribution in [-0.4, -0.2) is 25.1 Å². The van der Waals surface area contributed by atoms with Crippen molar-refractivity contribution in [1.82, 2.24) is 0 Å². The molecule has 38 heavy (non-hydrogen) atoms. The van der Waals surface area contributed by atoms with Gasteiger partial charge in [0, 0.05) is 16.9 Å². The lowest BCUT2D eigenvalue weighted by Crippen LogP contribution is -2.21. The fraction of sp³-hybridized carbons (Fsp3) is 0.367. The molecule has 3 rings (SSSR count). The van der Waals surface area contributed by atoms with Crippen molar-refractivity contribution in [2.45, 2.75) is 65.2 Å². The summed E-state index contributed by atoms with van der Waals surface area (Å²) in [6.45, 7) is 13.4. The SMILES string of the molecule is CCC(C)(C)c1ccc(Oc2ccc(N)cc2C(=O)Nc2ccccc2)c(C(C)(C)CC)c1.CS(=O)(=O)O. The molecule has 4 N–H and O–H groups in total. The average molecular weight is 541 g/mol. The van der Waals surface area contributed by atoms with Crippen LogP contribution in [0.1, 0.15) is 75.9 Å². The first kappa shape index (κ1) is 30.9. The van der Waals surface area contributed by atoms with E-state index in [4.69, 9.17) is 15.0 Å². The van der Waals surface area contributed by atoms with Crippen molar-refractivity contribution in [2.75, 3.05) is 17.3 Å². The molecule has 0 unspecified atom stereocenters. The van der Waals surface area contributed by atoms with Crippen LogP contribution in [0, 0.1) is 0 Å². The van der Waals surface area contributed by atoms with Crippen LogP contribution in [-0.2, 0) is 20.9 Å². The first-order chi connectivity index (χ1) is 17.6. The number of amides is 1. The van der Waals surface area contributed by atoms with Crippen LogP contribution in [0.25, 0.3) is 0 Å². The Kier molecular flexibility index (Phi) is 10.1. The van der Waals surface area contributed by atoms with E-state index in [1.54, 1.807) is 18.2 Å². The van der Waals surface area contributed by atoms with Crippen LogP contribution in [0.4, 0.5) is 11.4 Å². The van der Waals surface area contributed by atoms with E-state index < -0.39 is 10.1 Å². The fourth-order valence-electron chi connectivity index (χ4n) is 3.62. The third-order valence-corrected chi connectivity index (χ3v) is 6.76. The smallest absolute Gasteiger partial charge is 0.261 e. The van der Waals surface area contributed by atoms with Crippen LogP contribution in [0.5, 0.6) is 11.5 Å². The Morgan fingerprint density at radius 3 is 2.00 bits per heavy atom.